The van der Waals surface area contributed by atoms with Crippen LogP contribution in [0.2, 0.25) is 0 Å². The van der Waals surface area contributed by atoms with E-state index in [9.17, 15) is 40.2 Å². The molecule has 4 heterocycles. The van der Waals surface area contributed by atoms with E-state index in [0.717, 1.165) is 33.3 Å². The first-order valence-electron chi connectivity index (χ1n) is 17.7. The van der Waals surface area contributed by atoms with Crippen LogP contribution in [0.4, 0.5) is 0 Å². The highest BCUT2D eigenvalue weighted by atomic mass is 32.2. The average molecular weight is 775 g/mol. The van der Waals surface area contributed by atoms with Crippen LogP contribution in [0.5, 0.6) is 0 Å². The summed E-state index contributed by atoms with van der Waals surface area (Å²) in [6, 6.07) is 25.5. The molecule has 0 saturated carbocycles. The van der Waals surface area contributed by atoms with Crippen molar-refractivity contribution in [3.63, 3.8) is 0 Å². The first-order valence-corrected chi connectivity index (χ1v) is 18.6. The van der Waals surface area contributed by atoms with Gasteiger partial charge in [0.25, 0.3) is 0 Å². The van der Waals surface area contributed by atoms with Gasteiger partial charge in [-0.15, -0.1) is 0 Å². The standard InChI is InChI=1S/C40H38O14S/c41-15-29-31(43)35(49-17-21-13-25-23-7-3-1-5-19(23)9-11-27(25)51-37(21)47)33(45)39(53-29)55-40-34(46)36(32(44)30(16-42)54-40)50-18-22-14-26-24-8-4-2-6-20(24)10-12-28(26)52-38(22)48/h1-14,29-36,39-46H,15-18H2/t29?,30?,31-,32-,33-,34+,35?,36?,39-,40-/m0/s1. The Morgan fingerprint density at radius 1 is 0.545 bits per heavy atom. The second-order valence-electron chi connectivity index (χ2n) is 13.6. The van der Waals surface area contributed by atoms with Crippen molar-refractivity contribution in [2.75, 3.05) is 13.2 Å². The number of thioether (sulfide) groups is 1. The van der Waals surface area contributed by atoms with Crippen LogP contribution >= 0.6 is 11.8 Å². The Kier molecular flexibility index (Phi) is 10.8. The van der Waals surface area contributed by atoms with Crippen molar-refractivity contribution in [3.05, 3.63) is 117 Å². The van der Waals surface area contributed by atoms with Gasteiger partial charge in [-0.3, -0.25) is 0 Å². The van der Waals surface area contributed by atoms with Gasteiger partial charge in [0.2, 0.25) is 0 Å². The number of fused-ring (bicyclic) bond motifs is 6. The smallest absolute Gasteiger partial charge is 0.341 e. The molecule has 6 N–H and O–H groups in total. The van der Waals surface area contributed by atoms with Crippen molar-refractivity contribution in [2.45, 2.75) is 72.9 Å². The molecule has 2 fully saturated rings. The Bertz CT molecular complexity index is 2280. The Morgan fingerprint density at radius 2 is 0.964 bits per heavy atom. The maximum atomic E-state index is 12.9. The highest BCUT2D eigenvalue weighted by molar-refractivity contribution is 8.00. The first-order chi connectivity index (χ1) is 26.6. The Hall–Kier alpha value is -4.23. The molecule has 15 heteroatoms. The molecule has 0 radical (unpaired) electrons. The third kappa shape index (κ3) is 7.18. The van der Waals surface area contributed by atoms with Crippen LogP contribution in [-0.2, 0) is 32.2 Å². The zero-order chi connectivity index (χ0) is 38.4. The molecule has 2 saturated heterocycles. The number of benzene rings is 4. The molecule has 6 aromatic rings. The van der Waals surface area contributed by atoms with Crippen LogP contribution in [0.25, 0.3) is 43.5 Å². The second-order valence-corrected chi connectivity index (χ2v) is 14.8. The molecule has 2 aromatic heterocycles. The minimum atomic E-state index is -1.59. The molecule has 0 bridgehead atoms. The zero-order valence-corrected chi connectivity index (χ0v) is 29.9. The zero-order valence-electron chi connectivity index (χ0n) is 29.0. The molecule has 10 atom stereocenters. The fraction of sp³-hybridized carbons (Fsp3) is 0.350. The highest BCUT2D eigenvalue weighted by Gasteiger charge is 2.51. The molecule has 0 spiro atoms. The Morgan fingerprint density at radius 3 is 1.38 bits per heavy atom. The van der Waals surface area contributed by atoms with E-state index in [1.54, 1.807) is 24.3 Å². The predicted molar refractivity (Wildman–Crippen MR) is 200 cm³/mol. The monoisotopic (exact) mass is 774 g/mol. The molecule has 2 aliphatic rings. The fourth-order valence-corrected chi connectivity index (χ4v) is 8.56. The lowest BCUT2D eigenvalue weighted by molar-refractivity contribution is -0.231. The second kappa shape index (κ2) is 15.7. The SMILES string of the molecule is O=c1oc2ccc3ccccc3c2cc1COC1[C@@H](O)C(CO)O[C@@H](S[C@@H]2OC(CO)[C@H](O)C(OCc3cc4c(ccc5ccccc54)oc3=O)[C@@H]2O)[C@@H]1O. The molecular weight excluding hydrogens is 736 g/mol. The largest absolute Gasteiger partial charge is 0.422 e. The summed E-state index contributed by atoms with van der Waals surface area (Å²) in [7, 11) is 0. The summed E-state index contributed by atoms with van der Waals surface area (Å²) in [6.07, 6.45) is -11.5. The minimum Gasteiger partial charge on any atom is -0.422 e. The maximum absolute atomic E-state index is 12.9. The molecule has 2 aliphatic heterocycles. The molecule has 0 aliphatic carbocycles. The van der Waals surface area contributed by atoms with E-state index in [2.05, 4.69) is 0 Å². The van der Waals surface area contributed by atoms with Crippen LogP contribution in [0.15, 0.2) is 103 Å². The van der Waals surface area contributed by atoms with Crippen molar-refractivity contribution < 1.29 is 58.4 Å². The number of hydrogen-bond donors (Lipinski definition) is 6. The van der Waals surface area contributed by atoms with Crippen LogP contribution < -0.4 is 11.3 Å². The maximum Gasteiger partial charge on any atom is 0.341 e. The Labute approximate surface area is 316 Å². The van der Waals surface area contributed by atoms with Gasteiger partial charge < -0.3 is 58.4 Å². The summed E-state index contributed by atoms with van der Waals surface area (Å²) in [5.41, 5.74) is -2.92. The molecule has 55 heavy (non-hydrogen) atoms. The van der Waals surface area contributed by atoms with Gasteiger partial charge in [-0.1, -0.05) is 72.4 Å². The van der Waals surface area contributed by atoms with Crippen molar-refractivity contribution >= 4 is 55.2 Å². The number of aliphatic hydroxyl groups excluding tert-OH is 6. The average Bonchev–Trinajstić information content (AvgIpc) is 3.19. The van der Waals surface area contributed by atoms with Gasteiger partial charge in [0, 0.05) is 10.8 Å². The summed E-state index contributed by atoms with van der Waals surface area (Å²) in [5.74, 6) is 0. The molecule has 8 rings (SSSR count). The topological polar surface area (TPSA) is 219 Å². The van der Waals surface area contributed by atoms with Gasteiger partial charge in [-0.2, -0.15) is 0 Å². The summed E-state index contributed by atoms with van der Waals surface area (Å²) in [6.45, 7) is -2.08. The summed E-state index contributed by atoms with van der Waals surface area (Å²) < 4.78 is 34.6. The number of rotatable bonds is 10. The van der Waals surface area contributed by atoms with E-state index in [4.69, 9.17) is 27.8 Å². The molecule has 14 nitrogen and oxygen atoms in total. The molecule has 4 aromatic carbocycles. The van der Waals surface area contributed by atoms with Gasteiger partial charge in [-0.25, -0.2) is 9.59 Å². The quantitative estimate of drug-likeness (QED) is 0.0869. The third-order valence-electron chi connectivity index (χ3n) is 10.2. The van der Waals surface area contributed by atoms with Crippen molar-refractivity contribution in [1.82, 2.24) is 0 Å². The van der Waals surface area contributed by atoms with Gasteiger partial charge >= 0.3 is 11.3 Å². The lowest BCUT2D eigenvalue weighted by Gasteiger charge is -2.46. The van der Waals surface area contributed by atoms with Crippen molar-refractivity contribution in [2.24, 2.45) is 0 Å². The normalized spacial score (nSPS) is 28.7. The fourth-order valence-electron chi connectivity index (χ4n) is 7.25. The van der Waals surface area contributed by atoms with Gasteiger partial charge in [0.1, 0.15) is 70.9 Å². The molecular formula is C40H38O14S. The van der Waals surface area contributed by atoms with E-state index in [1.807, 2.05) is 60.7 Å². The first kappa shape index (κ1) is 37.7. The summed E-state index contributed by atoms with van der Waals surface area (Å²) in [4.78, 5) is 25.8. The molecule has 288 valence electrons. The third-order valence-corrected chi connectivity index (χ3v) is 11.5. The van der Waals surface area contributed by atoms with E-state index in [1.165, 1.54) is 0 Å². The van der Waals surface area contributed by atoms with E-state index in [-0.39, 0.29) is 24.3 Å². The van der Waals surface area contributed by atoms with Gasteiger partial charge in [-0.05, 0) is 45.8 Å². The minimum absolute atomic E-state index is 0.124. The number of hydrogen-bond acceptors (Lipinski definition) is 15. The lowest BCUT2D eigenvalue weighted by Crippen LogP contribution is -2.61. The van der Waals surface area contributed by atoms with Crippen molar-refractivity contribution in [3.8, 4) is 0 Å². The van der Waals surface area contributed by atoms with E-state index < -0.39 is 84.2 Å². The highest BCUT2D eigenvalue weighted by Crippen LogP contribution is 2.38. The summed E-state index contributed by atoms with van der Waals surface area (Å²) in [5, 5.41) is 70.0. The van der Waals surface area contributed by atoms with Crippen LogP contribution in [0.3, 0.4) is 0 Å². The predicted octanol–water partition coefficient (Wildman–Crippen LogP) is 2.29. The van der Waals surface area contributed by atoms with Crippen LogP contribution in [-0.4, -0.2) is 104 Å². The van der Waals surface area contributed by atoms with Gasteiger partial charge in [0.05, 0.1) is 37.6 Å². The Balaban J connectivity index is 0.998. The number of ether oxygens (including phenoxy) is 4. The van der Waals surface area contributed by atoms with Crippen LogP contribution in [0.1, 0.15) is 11.1 Å². The van der Waals surface area contributed by atoms with Gasteiger partial charge in [0.15, 0.2) is 0 Å². The van der Waals surface area contributed by atoms with E-state index in [0.29, 0.717) is 21.9 Å². The van der Waals surface area contributed by atoms with Crippen molar-refractivity contribution in [1.29, 1.82) is 0 Å². The summed E-state index contributed by atoms with van der Waals surface area (Å²) >= 11 is 0.754. The van der Waals surface area contributed by atoms with E-state index >= 15 is 0 Å². The molecule has 0 amide bonds. The van der Waals surface area contributed by atoms with Crippen LogP contribution in [0, 0.1) is 0 Å². The molecule has 4 unspecified atom stereocenters. The number of aliphatic hydroxyl groups is 6. The lowest BCUT2D eigenvalue weighted by atomic mass is 9.99.